The number of carboxylic acid groups (broad SMARTS) is 1. The van der Waals surface area contributed by atoms with Crippen LogP contribution >= 0.6 is 0 Å². The second-order valence-electron chi connectivity index (χ2n) is 4.22. The zero-order valence-electron chi connectivity index (χ0n) is 10.3. The summed E-state index contributed by atoms with van der Waals surface area (Å²) < 4.78 is 0. The maximum absolute atomic E-state index is 12.0. The highest BCUT2D eigenvalue weighted by atomic mass is 16.4. The second-order valence-corrected chi connectivity index (χ2v) is 4.22. The first-order valence-corrected chi connectivity index (χ1v) is 5.64. The third-order valence-electron chi connectivity index (χ3n) is 2.89. The lowest BCUT2D eigenvalue weighted by Crippen LogP contribution is -2.49. The van der Waals surface area contributed by atoms with Crippen molar-refractivity contribution in [3.05, 3.63) is 54.1 Å². The number of aromatic nitrogens is 2. The van der Waals surface area contributed by atoms with E-state index in [1.807, 2.05) is 0 Å². The van der Waals surface area contributed by atoms with Gasteiger partial charge in [0.15, 0.2) is 5.54 Å². The van der Waals surface area contributed by atoms with Gasteiger partial charge < -0.3 is 15.4 Å². The van der Waals surface area contributed by atoms with E-state index < -0.39 is 17.4 Å². The Hall–Kier alpha value is -2.63. The number of H-pyrrole nitrogens is 1. The van der Waals surface area contributed by atoms with Crippen LogP contribution in [-0.4, -0.2) is 27.0 Å². The Balaban J connectivity index is 2.31. The highest BCUT2D eigenvalue weighted by Crippen LogP contribution is 2.21. The number of rotatable bonds is 4. The van der Waals surface area contributed by atoms with Gasteiger partial charge in [-0.15, -0.1) is 0 Å². The third kappa shape index (κ3) is 2.47. The van der Waals surface area contributed by atoms with E-state index in [4.69, 9.17) is 0 Å². The summed E-state index contributed by atoms with van der Waals surface area (Å²) in [6.07, 6.45) is 2.69. The average Bonchev–Trinajstić information content (AvgIpc) is 2.93. The molecule has 0 fully saturated rings. The van der Waals surface area contributed by atoms with Crippen molar-refractivity contribution >= 4 is 11.9 Å². The van der Waals surface area contributed by atoms with Crippen molar-refractivity contribution in [2.75, 3.05) is 0 Å². The molecule has 0 saturated heterocycles. The topological polar surface area (TPSA) is 95.1 Å². The SMILES string of the molecule is CC(NC(=O)c1cnc[nH]1)(C(=O)O)c1ccccc1. The molecule has 1 aromatic carbocycles. The van der Waals surface area contributed by atoms with Gasteiger partial charge in [-0.2, -0.15) is 0 Å². The van der Waals surface area contributed by atoms with Crippen molar-refractivity contribution in [1.29, 1.82) is 0 Å². The molecule has 3 N–H and O–H groups in total. The maximum atomic E-state index is 12.0. The number of carbonyl (C=O) groups is 2. The van der Waals surface area contributed by atoms with E-state index in [1.165, 1.54) is 19.4 Å². The molecule has 0 saturated carbocycles. The predicted octanol–water partition coefficient (Wildman–Crippen LogP) is 1.14. The Bertz CT molecular complexity index is 580. The molecule has 0 aliphatic rings. The lowest BCUT2D eigenvalue weighted by atomic mass is 9.92. The van der Waals surface area contributed by atoms with Gasteiger partial charge in [-0.25, -0.2) is 9.78 Å². The summed E-state index contributed by atoms with van der Waals surface area (Å²) in [5.41, 5.74) is -0.789. The number of amides is 1. The lowest BCUT2D eigenvalue weighted by Gasteiger charge is -2.26. The van der Waals surface area contributed by atoms with Crippen molar-refractivity contribution in [3.63, 3.8) is 0 Å². The second kappa shape index (κ2) is 4.93. The number of hydrogen-bond donors (Lipinski definition) is 3. The molecule has 0 aliphatic carbocycles. The number of carbonyl (C=O) groups excluding carboxylic acids is 1. The van der Waals surface area contributed by atoms with Crippen molar-refractivity contribution in [2.24, 2.45) is 0 Å². The minimum absolute atomic E-state index is 0.211. The first-order valence-electron chi connectivity index (χ1n) is 5.64. The van der Waals surface area contributed by atoms with E-state index in [0.29, 0.717) is 5.56 Å². The van der Waals surface area contributed by atoms with Crippen LogP contribution < -0.4 is 5.32 Å². The normalized spacial score (nSPS) is 13.5. The largest absolute Gasteiger partial charge is 0.479 e. The summed E-state index contributed by atoms with van der Waals surface area (Å²) in [6.45, 7) is 1.44. The zero-order valence-corrected chi connectivity index (χ0v) is 10.3. The summed E-state index contributed by atoms with van der Waals surface area (Å²) in [7, 11) is 0. The van der Waals surface area contributed by atoms with Gasteiger partial charge in [-0.3, -0.25) is 4.79 Å². The molecule has 0 radical (unpaired) electrons. The number of carboxylic acids is 1. The van der Waals surface area contributed by atoms with E-state index in [0.717, 1.165) is 0 Å². The van der Waals surface area contributed by atoms with E-state index in [9.17, 15) is 14.7 Å². The fraction of sp³-hybridized carbons (Fsp3) is 0.154. The lowest BCUT2D eigenvalue weighted by molar-refractivity contribution is -0.144. The summed E-state index contributed by atoms with van der Waals surface area (Å²) in [6, 6.07) is 8.53. The van der Waals surface area contributed by atoms with Crippen molar-refractivity contribution in [3.8, 4) is 0 Å². The van der Waals surface area contributed by atoms with Gasteiger partial charge in [-0.1, -0.05) is 30.3 Å². The molecule has 0 bridgehead atoms. The van der Waals surface area contributed by atoms with Gasteiger partial charge in [0.05, 0.1) is 12.5 Å². The molecule has 6 heteroatoms. The van der Waals surface area contributed by atoms with Crippen LogP contribution in [0.2, 0.25) is 0 Å². The van der Waals surface area contributed by atoms with Crippen molar-refractivity contribution < 1.29 is 14.7 Å². The molecular weight excluding hydrogens is 246 g/mol. The first-order chi connectivity index (χ1) is 9.04. The molecule has 6 nitrogen and oxygen atoms in total. The molecule has 2 aromatic rings. The monoisotopic (exact) mass is 259 g/mol. The Kier molecular flexibility index (Phi) is 3.33. The highest BCUT2D eigenvalue weighted by Gasteiger charge is 2.37. The standard InChI is InChI=1S/C13H13N3O3/c1-13(12(18)19,9-5-3-2-4-6-9)16-11(17)10-7-14-8-15-10/h2-8H,1H3,(H,14,15)(H,16,17)(H,18,19). The van der Waals surface area contributed by atoms with Gasteiger partial charge in [0.1, 0.15) is 5.69 Å². The average molecular weight is 259 g/mol. The minimum atomic E-state index is -1.50. The highest BCUT2D eigenvalue weighted by molar-refractivity contribution is 5.96. The summed E-state index contributed by atoms with van der Waals surface area (Å²) in [5.74, 6) is -1.65. The number of aromatic amines is 1. The molecule has 1 aromatic heterocycles. The number of nitrogens with one attached hydrogen (secondary N) is 2. The zero-order chi connectivity index (χ0) is 13.9. The molecule has 1 atom stereocenters. The molecule has 2 rings (SSSR count). The number of nitrogens with zero attached hydrogens (tertiary/aromatic N) is 1. The van der Waals surface area contributed by atoms with Crippen molar-refractivity contribution in [2.45, 2.75) is 12.5 Å². The molecule has 1 amide bonds. The summed E-state index contributed by atoms with van der Waals surface area (Å²) in [5, 5.41) is 11.9. The van der Waals surface area contributed by atoms with Crippen LogP contribution in [0.4, 0.5) is 0 Å². The van der Waals surface area contributed by atoms with Crippen LogP contribution in [0.3, 0.4) is 0 Å². The number of benzene rings is 1. The van der Waals surface area contributed by atoms with E-state index in [-0.39, 0.29) is 5.69 Å². The Morgan fingerprint density at radius 3 is 2.53 bits per heavy atom. The number of aliphatic carboxylic acids is 1. The summed E-state index contributed by atoms with van der Waals surface area (Å²) in [4.78, 5) is 29.8. The third-order valence-corrected chi connectivity index (χ3v) is 2.89. The van der Waals surface area contributed by atoms with E-state index in [1.54, 1.807) is 30.3 Å². The Labute approximate surface area is 109 Å². The molecular formula is C13H13N3O3. The van der Waals surface area contributed by atoms with Gasteiger partial charge in [-0.05, 0) is 12.5 Å². The van der Waals surface area contributed by atoms with Crippen LogP contribution in [-0.2, 0) is 10.3 Å². The van der Waals surface area contributed by atoms with Crippen LogP contribution in [0.15, 0.2) is 42.9 Å². The Morgan fingerprint density at radius 2 is 2.00 bits per heavy atom. The van der Waals surface area contributed by atoms with Crippen LogP contribution in [0.5, 0.6) is 0 Å². The van der Waals surface area contributed by atoms with Gasteiger partial charge in [0.25, 0.3) is 5.91 Å². The Morgan fingerprint density at radius 1 is 1.32 bits per heavy atom. The molecule has 1 heterocycles. The molecule has 1 unspecified atom stereocenters. The van der Waals surface area contributed by atoms with E-state index >= 15 is 0 Å². The van der Waals surface area contributed by atoms with Crippen LogP contribution in [0.1, 0.15) is 23.0 Å². The van der Waals surface area contributed by atoms with Crippen molar-refractivity contribution in [1.82, 2.24) is 15.3 Å². The van der Waals surface area contributed by atoms with E-state index in [2.05, 4.69) is 15.3 Å². The number of imidazole rings is 1. The first kappa shape index (κ1) is 12.8. The predicted molar refractivity (Wildman–Crippen MR) is 67.5 cm³/mol. The smallest absolute Gasteiger partial charge is 0.333 e. The molecule has 0 aliphatic heterocycles. The van der Waals surface area contributed by atoms with Crippen LogP contribution in [0, 0.1) is 0 Å². The minimum Gasteiger partial charge on any atom is -0.479 e. The molecule has 19 heavy (non-hydrogen) atoms. The number of hydrogen-bond acceptors (Lipinski definition) is 3. The maximum Gasteiger partial charge on any atom is 0.333 e. The van der Waals surface area contributed by atoms with Gasteiger partial charge in [0.2, 0.25) is 0 Å². The van der Waals surface area contributed by atoms with Gasteiger partial charge in [0, 0.05) is 0 Å². The van der Waals surface area contributed by atoms with Gasteiger partial charge >= 0.3 is 5.97 Å². The fourth-order valence-electron chi connectivity index (χ4n) is 1.70. The fourth-order valence-corrected chi connectivity index (χ4v) is 1.70. The molecule has 98 valence electrons. The molecule has 0 spiro atoms. The summed E-state index contributed by atoms with van der Waals surface area (Å²) >= 11 is 0. The van der Waals surface area contributed by atoms with Crippen LogP contribution in [0.25, 0.3) is 0 Å². The quantitative estimate of drug-likeness (QED) is 0.767.